The van der Waals surface area contributed by atoms with E-state index in [1.807, 2.05) is 30.3 Å². The Morgan fingerprint density at radius 2 is 2.05 bits per heavy atom. The lowest BCUT2D eigenvalue weighted by molar-refractivity contribution is -0.137. The minimum atomic E-state index is -0.751. The number of aromatic nitrogens is 4. The number of thioether (sulfide) groups is 1. The summed E-state index contributed by atoms with van der Waals surface area (Å²) in [5, 5.41) is 20.9. The highest BCUT2D eigenvalue weighted by Crippen LogP contribution is 2.19. The van der Waals surface area contributed by atoms with E-state index in [9.17, 15) is 4.79 Å². The third-order valence-corrected chi connectivity index (χ3v) is 3.46. The quantitative estimate of drug-likeness (QED) is 0.616. The van der Waals surface area contributed by atoms with Crippen LogP contribution in [0.5, 0.6) is 0 Å². The Morgan fingerprint density at radius 1 is 1.26 bits per heavy atom. The Labute approximate surface area is 114 Å². The van der Waals surface area contributed by atoms with Crippen LogP contribution in [-0.4, -0.2) is 37.0 Å². The third kappa shape index (κ3) is 4.06. The number of benzene rings is 1. The number of aliphatic carboxylic acids is 1. The Bertz CT molecular complexity index is 530. The third-order valence-electron chi connectivity index (χ3n) is 2.46. The maximum absolute atomic E-state index is 10.4. The SMILES string of the molecule is O=C(O)CCCCSc1nnnn1-c1ccccc1. The van der Waals surface area contributed by atoms with Crippen LogP contribution in [0.4, 0.5) is 0 Å². The van der Waals surface area contributed by atoms with E-state index in [0.29, 0.717) is 6.42 Å². The number of tetrazole rings is 1. The molecular formula is C12H14N4O2S. The lowest BCUT2D eigenvalue weighted by Crippen LogP contribution is -1.99. The van der Waals surface area contributed by atoms with Gasteiger partial charge in [-0.1, -0.05) is 30.0 Å². The summed E-state index contributed by atoms with van der Waals surface area (Å²) in [7, 11) is 0. The number of carboxylic acid groups (broad SMARTS) is 1. The first-order valence-corrected chi connectivity index (χ1v) is 6.94. The number of carbonyl (C=O) groups is 1. The van der Waals surface area contributed by atoms with E-state index in [1.54, 1.807) is 4.68 Å². The molecule has 1 N–H and O–H groups in total. The van der Waals surface area contributed by atoms with Crippen LogP contribution in [0, 0.1) is 0 Å². The second-order valence-corrected chi connectivity index (χ2v) is 4.97. The predicted octanol–water partition coefficient (Wildman–Crippen LogP) is 2.01. The van der Waals surface area contributed by atoms with Crippen molar-refractivity contribution in [1.29, 1.82) is 0 Å². The van der Waals surface area contributed by atoms with E-state index < -0.39 is 5.97 Å². The van der Waals surface area contributed by atoms with Crippen LogP contribution >= 0.6 is 11.8 Å². The molecule has 0 radical (unpaired) electrons. The van der Waals surface area contributed by atoms with Crippen molar-refractivity contribution in [3.8, 4) is 5.69 Å². The molecule has 2 aromatic rings. The largest absolute Gasteiger partial charge is 0.481 e. The molecule has 1 heterocycles. The van der Waals surface area contributed by atoms with Crippen LogP contribution in [0.3, 0.4) is 0 Å². The normalized spacial score (nSPS) is 10.5. The summed E-state index contributed by atoms with van der Waals surface area (Å²) in [6.07, 6.45) is 1.72. The number of nitrogens with zero attached hydrogens (tertiary/aromatic N) is 4. The lowest BCUT2D eigenvalue weighted by atomic mass is 10.3. The lowest BCUT2D eigenvalue weighted by Gasteiger charge is -2.03. The fourth-order valence-electron chi connectivity index (χ4n) is 1.54. The van der Waals surface area contributed by atoms with Crippen molar-refractivity contribution in [3.63, 3.8) is 0 Å². The first kappa shape index (κ1) is 13.5. The highest BCUT2D eigenvalue weighted by Gasteiger charge is 2.08. The van der Waals surface area contributed by atoms with Crippen LogP contribution in [-0.2, 0) is 4.79 Å². The summed E-state index contributed by atoms with van der Waals surface area (Å²) in [5.74, 6) is 0.0552. The van der Waals surface area contributed by atoms with E-state index in [-0.39, 0.29) is 6.42 Å². The molecule has 0 saturated heterocycles. The van der Waals surface area contributed by atoms with Gasteiger partial charge in [-0.15, -0.1) is 5.10 Å². The van der Waals surface area contributed by atoms with Crippen LogP contribution in [0.2, 0.25) is 0 Å². The molecule has 0 spiro atoms. The van der Waals surface area contributed by atoms with Gasteiger partial charge in [0.05, 0.1) is 5.69 Å². The Hall–Kier alpha value is -1.89. The molecule has 0 aliphatic carbocycles. The fraction of sp³-hybridized carbons (Fsp3) is 0.333. The first-order valence-electron chi connectivity index (χ1n) is 5.96. The van der Waals surface area contributed by atoms with Crippen molar-refractivity contribution >= 4 is 17.7 Å². The molecule has 19 heavy (non-hydrogen) atoms. The summed E-state index contributed by atoms with van der Waals surface area (Å²) >= 11 is 1.53. The molecule has 0 bridgehead atoms. The molecule has 6 nitrogen and oxygen atoms in total. The summed E-state index contributed by atoms with van der Waals surface area (Å²) in [4.78, 5) is 10.4. The molecule has 0 saturated carbocycles. The summed E-state index contributed by atoms with van der Waals surface area (Å²) in [5.41, 5.74) is 0.917. The Balaban J connectivity index is 1.88. The van der Waals surface area contributed by atoms with Gasteiger partial charge >= 0.3 is 5.97 Å². The van der Waals surface area contributed by atoms with Gasteiger partial charge in [-0.25, -0.2) is 0 Å². The van der Waals surface area contributed by atoms with Crippen LogP contribution in [0.1, 0.15) is 19.3 Å². The molecule has 0 amide bonds. The van der Waals surface area contributed by atoms with Crippen molar-refractivity contribution in [1.82, 2.24) is 20.2 Å². The number of unbranched alkanes of at least 4 members (excludes halogenated alkanes) is 1. The maximum Gasteiger partial charge on any atom is 0.303 e. The van der Waals surface area contributed by atoms with E-state index in [1.165, 1.54) is 11.8 Å². The fourth-order valence-corrected chi connectivity index (χ4v) is 2.43. The molecule has 0 fully saturated rings. The molecule has 100 valence electrons. The Morgan fingerprint density at radius 3 is 2.79 bits per heavy atom. The van der Waals surface area contributed by atoms with E-state index in [4.69, 9.17) is 5.11 Å². The van der Waals surface area contributed by atoms with Gasteiger partial charge in [0.15, 0.2) is 0 Å². The van der Waals surface area contributed by atoms with E-state index in [2.05, 4.69) is 15.5 Å². The minimum absolute atomic E-state index is 0.212. The second kappa shape index (κ2) is 6.89. The number of hydrogen-bond acceptors (Lipinski definition) is 5. The zero-order valence-electron chi connectivity index (χ0n) is 10.3. The predicted molar refractivity (Wildman–Crippen MR) is 71.4 cm³/mol. The van der Waals surface area contributed by atoms with Gasteiger partial charge in [0.1, 0.15) is 0 Å². The van der Waals surface area contributed by atoms with Gasteiger partial charge in [0.25, 0.3) is 0 Å². The topological polar surface area (TPSA) is 80.9 Å². The number of hydrogen-bond donors (Lipinski definition) is 1. The van der Waals surface area contributed by atoms with Crippen molar-refractivity contribution in [2.45, 2.75) is 24.4 Å². The van der Waals surface area contributed by atoms with Gasteiger partial charge < -0.3 is 5.11 Å². The molecule has 0 aliphatic heterocycles. The number of para-hydroxylation sites is 1. The molecule has 1 aromatic carbocycles. The van der Waals surface area contributed by atoms with Crippen molar-refractivity contribution in [2.24, 2.45) is 0 Å². The molecule has 1 aromatic heterocycles. The average Bonchev–Trinajstić information content (AvgIpc) is 2.87. The molecule has 0 aliphatic rings. The first-order chi connectivity index (χ1) is 9.27. The molecule has 7 heteroatoms. The van der Waals surface area contributed by atoms with Crippen LogP contribution in [0.25, 0.3) is 5.69 Å². The smallest absolute Gasteiger partial charge is 0.303 e. The number of rotatable bonds is 7. The molecule has 0 unspecified atom stereocenters. The molecular weight excluding hydrogens is 264 g/mol. The molecule has 0 atom stereocenters. The molecule has 2 rings (SSSR count). The van der Waals surface area contributed by atoms with Gasteiger partial charge in [-0.3, -0.25) is 4.79 Å². The van der Waals surface area contributed by atoms with Crippen LogP contribution in [0.15, 0.2) is 35.5 Å². The van der Waals surface area contributed by atoms with Crippen molar-refractivity contribution in [2.75, 3.05) is 5.75 Å². The van der Waals surface area contributed by atoms with Crippen LogP contribution < -0.4 is 0 Å². The standard InChI is InChI=1S/C12H14N4O2S/c17-11(18)8-4-5-9-19-12-13-14-15-16(12)10-6-2-1-3-7-10/h1-3,6-7H,4-5,8-9H2,(H,17,18). The second-order valence-electron chi connectivity index (χ2n) is 3.91. The van der Waals surface area contributed by atoms with Crippen molar-refractivity contribution in [3.05, 3.63) is 30.3 Å². The average molecular weight is 278 g/mol. The summed E-state index contributed by atoms with van der Waals surface area (Å²) in [6, 6.07) is 9.67. The monoisotopic (exact) mass is 278 g/mol. The zero-order valence-corrected chi connectivity index (χ0v) is 11.1. The highest BCUT2D eigenvalue weighted by molar-refractivity contribution is 7.99. The van der Waals surface area contributed by atoms with Crippen molar-refractivity contribution < 1.29 is 9.90 Å². The highest BCUT2D eigenvalue weighted by atomic mass is 32.2. The van der Waals surface area contributed by atoms with Gasteiger partial charge in [-0.2, -0.15) is 4.68 Å². The summed E-state index contributed by atoms with van der Waals surface area (Å²) in [6.45, 7) is 0. The zero-order chi connectivity index (χ0) is 13.5. The van der Waals surface area contributed by atoms with Gasteiger partial charge in [-0.05, 0) is 35.4 Å². The Kier molecular flexibility index (Phi) is 4.91. The van der Waals surface area contributed by atoms with E-state index >= 15 is 0 Å². The number of carboxylic acids is 1. The minimum Gasteiger partial charge on any atom is -0.481 e. The van der Waals surface area contributed by atoms with E-state index in [0.717, 1.165) is 23.0 Å². The van der Waals surface area contributed by atoms with Gasteiger partial charge in [0.2, 0.25) is 5.16 Å². The maximum atomic E-state index is 10.4. The summed E-state index contributed by atoms with van der Waals surface area (Å²) < 4.78 is 1.68. The van der Waals surface area contributed by atoms with Gasteiger partial charge in [0, 0.05) is 12.2 Å².